The fourth-order valence-electron chi connectivity index (χ4n) is 4.93. The first-order chi connectivity index (χ1) is 19.1. The Hall–Kier alpha value is -4.09. The van der Waals surface area contributed by atoms with Crippen molar-refractivity contribution in [1.82, 2.24) is 30.1 Å². The molecule has 1 aliphatic rings. The summed E-state index contributed by atoms with van der Waals surface area (Å²) in [6.45, 7) is 4.48. The number of benzene rings is 2. The summed E-state index contributed by atoms with van der Waals surface area (Å²) >= 11 is 1.67. The van der Waals surface area contributed by atoms with Gasteiger partial charge < -0.3 is 14.5 Å². The number of fused-ring (bicyclic) bond motifs is 2. The van der Waals surface area contributed by atoms with E-state index in [1.807, 2.05) is 29.6 Å². The summed E-state index contributed by atoms with van der Waals surface area (Å²) in [6.07, 6.45) is 0.722. The van der Waals surface area contributed by atoms with Crippen molar-refractivity contribution in [3.63, 3.8) is 0 Å². The molecule has 3 aromatic heterocycles. The lowest BCUT2D eigenvalue weighted by Crippen LogP contribution is -2.32. The molecule has 11 heteroatoms. The number of aromatic amines is 1. The van der Waals surface area contributed by atoms with Crippen LogP contribution in [-0.4, -0.2) is 43.3 Å². The van der Waals surface area contributed by atoms with Gasteiger partial charge in [0.2, 0.25) is 0 Å². The Labute approximate surface area is 227 Å². The number of ether oxygens (including phenoxy) is 2. The van der Waals surface area contributed by atoms with Crippen molar-refractivity contribution in [3.05, 3.63) is 98.0 Å². The molecule has 0 bridgehead atoms. The van der Waals surface area contributed by atoms with Crippen LogP contribution in [0.25, 0.3) is 10.9 Å². The van der Waals surface area contributed by atoms with Gasteiger partial charge in [-0.05, 0) is 58.1 Å². The highest BCUT2D eigenvalue weighted by atomic mass is 32.1. The van der Waals surface area contributed by atoms with Gasteiger partial charge in [-0.3, -0.25) is 9.69 Å². The van der Waals surface area contributed by atoms with E-state index >= 15 is 0 Å². The number of hydrogen-bond donors (Lipinski definition) is 1. The fourth-order valence-corrected chi connectivity index (χ4v) is 5.66. The number of H-pyrrole nitrogens is 1. The molecule has 0 spiro atoms. The summed E-state index contributed by atoms with van der Waals surface area (Å²) in [5.41, 5.74) is 2.07. The van der Waals surface area contributed by atoms with Crippen LogP contribution >= 0.6 is 11.3 Å². The van der Waals surface area contributed by atoms with Gasteiger partial charge in [0.25, 0.3) is 5.56 Å². The van der Waals surface area contributed by atoms with E-state index in [1.165, 1.54) is 17.0 Å². The third kappa shape index (κ3) is 5.41. The maximum atomic E-state index is 13.4. The van der Waals surface area contributed by atoms with E-state index in [0.717, 1.165) is 17.4 Å². The van der Waals surface area contributed by atoms with Crippen molar-refractivity contribution in [2.24, 2.45) is 0 Å². The molecule has 0 radical (unpaired) electrons. The van der Waals surface area contributed by atoms with Crippen molar-refractivity contribution in [2.45, 2.75) is 39.0 Å². The van der Waals surface area contributed by atoms with Crippen molar-refractivity contribution >= 4 is 22.2 Å². The summed E-state index contributed by atoms with van der Waals surface area (Å²) in [7, 11) is 0. The minimum Gasteiger partial charge on any atom is -0.486 e. The quantitative estimate of drug-likeness (QED) is 0.286. The van der Waals surface area contributed by atoms with Crippen LogP contribution in [0.15, 0.2) is 64.8 Å². The number of nitrogens with zero attached hydrogens (tertiary/aromatic N) is 5. The van der Waals surface area contributed by atoms with Gasteiger partial charge in [0.15, 0.2) is 17.3 Å². The molecule has 5 aromatic rings. The van der Waals surface area contributed by atoms with E-state index in [-0.39, 0.29) is 17.4 Å². The van der Waals surface area contributed by atoms with Gasteiger partial charge in [0.1, 0.15) is 19.0 Å². The number of pyridine rings is 1. The number of tetrazole rings is 1. The minimum atomic E-state index is -0.288. The van der Waals surface area contributed by atoms with E-state index in [1.54, 1.807) is 28.2 Å². The highest BCUT2D eigenvalue weighted by Crippen LogP contribution is 2.34. The zero-order valence-corrected chi connectivity index (χ0v) is 22.2. The van der Waals surface area contributed by atoms with Crippen LogP contribution in [0.2, 0.25) is 0 Å². The lowest BCUT2D eigenvalue weighted by Gasteiger charge is -2.30. The molecule has 0 unspecified atom stereocenters. The van der Waals surface area contributed by atoms with Gasteiger partial charge in [-0.1, -0.05) is 25.1 Å². The normalized spacial score (nSPS) is 13.7. The van der Waals surface area contributed by atoms with Gasteiger partial charge in [-0.25, -0.2) is 9.07 Å². The Bertz CT molecular complexity index is 1630. The van der Waals surface area contributed by atoms with Crippen LogP contribution in [-0.2, 0) is 19.6 Å². The predicted octanol–water partition coefficient (Wildman–Crippen LogP) is 4.69. The molecule has 6 rings (SSSR count). The van der Waals surface area contributed by atoms with Gasteiger partial charge in [0.05, 0.1) is 18.1 Å². The van der Waals surface area contributed by atoms with E-state index < -0.39 is 0 Å². The highest BCUT2D eigenvalue weighted by Gasteiger charge is 2.26. The molecule has 200 valence electrons. The van der Waals surface area contributed by atoms with Crippen molar-refractivity contribution < 1.29 is 13.9 Å². The van der Waals surface area contributed by atoms with Crippen LogP contribution in [0.3, 0.4) is 0 Å². The molecule has 0 fully saturated rings. The molecular weight excluding hydrogens is 519 g/mol. The lowest BCUT2D eigenvalue weighted by molar-refractivity contribution is 0.163. The summed E-state index contributed by atoms with van der Waals surface area (Å²) in [6, 6.07) is 15.9. The van der Waals surface area contributed by atoms with Crippen LogP contribution in [0, 0.1) is 5.82 Å². The SMILES string of the molecule is CC[C@@H](c1nnnn1Cc1ccc(F)cc1)N(Cc1cccs1)Cc1cc2cc3c(cc2[nH]c1=O)OCCO3. The third-order valence-electron chi connectivity index (χ3n) is 6.83. The van der Waals surface area contributed by atoms with Gasteiger partial charge in [-0.15, -0.1) is 16.4 Å². The van der Waals surface area contributed by atoms with Crippen LogP contribution in [0.1, 0.15) is 41.2 Å². The molecule has 2 aromatic carbocycles. The van der Waals surface area contributed by atoms with Gasteiger partial charge in [-0.2, -0.15) is 0 Å². The molecule has 0 aliphatic carbocycles. The summed E-state index contributed by atoms with van der Waals surface area (Å²) in [5.74, 6) is 1.71. The van der Waals surface area contributed by atoms with Crippen LogP contribution in [0.5, 0.6) is 11.5 Å². The van der Waals surface area contributed by atoms with Crippen molar-refractivity contribution in [3.8, 4) is 11.5 Å². The zero-order valence-electron chi connectivity index (χ0n) is 21.3. The molecule has 0 saturated heterocycles. The molecule has 39 heavy (non-hydrogen) atoms. The molecule has 1 aliphatic heterocycles. The Morgan fingerprint density at radius 2 is 1.90 bits per heavy atom. The number of rotatable bonds is 9. The monoisotopic (exact) mass is 546 g/mol. The molecule has 0 saturated carbocycles. The van der Waals surface area contributed by atoms with E-state index in [0.29, 0.717) is 61.3 Å². The first kappa shape index (κ1) is 25.2. The molecule has 0 amide bonds. The topological polar surface area (TPSA) is 98.2 Å². The van der Waals surface area contributed by atoms with Gasteiger partial charge in [0, 0.05) is 35.0 Å². The Morgan fingerprint density at radius 3 is 2.64 bits per heavy atom. The number of halogens is 1. The second kappa shape index (κ2) is 11.0. The van der Waals surface area contributed by atoms with Crippen molar-refractivity contribution in [2.75, 3.05) is 13.2 Å². The Kier molecular flexibility index (Phi) is 7.08. The number of aromatic nitrogens is 5. The summed E-state index contributed by atoms with van der Waals surface area (Å²) in [5, 5.41) is 15.5. The van der Waals surface area contributed by atoms with E-state index in [2.05, 4.69) is 38.4 Å². The van der Waals surface area contributed by atoms with E-state index in [9.17, 15) is 9.18 Å². The number of hydrogen-bond acceptors (Lipinski definition) is 8. The first-order valence-corrected chi connectivity index (χ1v) is 13.7. The molecule has 1 atom stereocenters. The Balaban J connectivity index is 1.34. The Morgan fingerprint density at radius 1 is 1.10 bits per heavy atom. The van der Waals surface area contributed by atoms with Crippen molar-refractivity contribution in [1.29, 1.82) is 0 Å². The lowest BCUT2D eigenvalue weighted by atomic mass is 10.1. The maximum Gasteiger partial charge on any atom is 0.252 e. The number of thiophene rings is 1. The third-order valence-corrected chi connectivity index (χ3v) is 7.69. The first-order valence-electron chi connectivity index (χ1n) is 12.8. The number of nitrogens with one attached hydrogen (secondary N) is 1. The molecule has 4 heterocycles. The second-order valence-electron chi connectivity index (χ2n) is 9.44. The molecule has 9 nitrogen and oxygen atoms in total. The second-order valence-corrected chi connectivity index (χ2v) is 10.5. The minimum absolute atomic E-state index is 0.156. The maximum absolute atomic E-state index is 13.4. The largest absolute Gasteiger partial charge is 0.486 e. The molecular formula is C28H27FN6O3S. The summed E-state index contributed by atoms with van der Waals surface area (Å²) in [4.78, 5) is 19.7. The molecule has 1 N–H and O–H groups in total. The predicted molar refractivity (Wildman–Crippen MR) is 145 cm³/mol. The fraction of sp³-hybridized carbons (Fsp3) is 0.286. The van der Waals surface area contributed by atoms with Crippen LogP contribution in [0.4, 0.5) is 4.39 Å². The van der Waals surface area contributed by atoms with E-state index in [4.69, 9.17) is 9.47 Å². The zero-order chi connectivity index (χ0) is 26.8. The summed E-state index contributed by atoms with van der Waals surface area (Å²) < 4.78 is 26.6. The average molecular weight is 547 g/mol. The highest BCUT2D eigenvalue weighted by molar-refractivity contribution is 7.09. The average Bonchev–Trinajstić information content (AvgIpc) is 3.62. The van der Waals surface area contributed by atoms with Gasteiger partial charge >= 0.3 is 0 Å². The van der Waals surface area contributed by atoms with Crippen LogP contribution < -0.4 is 15.0 Å². The standard InChI is InChI=1S/C28H27FN6O3S/c1-2-24(27-31-32-33-35(27)15-18-5-7-21(29)8-6-18)34(17-22-4-3-11-39-22)16-20-12-19-13-25-26(38-10-9-37-25)14-23(19)30-28(20)36/h3-8,11-14,24H,2,9-10,15-17H2,1H3,(H,30,36)/t24-/m0/s1. The smallest absolute Gasteiger partial charge is 0.252 e.